The van der Waals surface area contributed by atoms with Crippen LogP contribution < -0.4 is 10.6 Å². The first-order valence-corrected chi connectivity index (χ1v) is 20.4. The van der Waals surface area contributed by atoms with Gasteiger partial charge in [0.15, 0.2) is 0 Å². The number of esters is 2. The van der Waals surface area contributed by atoms with Gasteiger partial charge in [0.2, 0.25) is 11.1 Å². The number of hydrogen-bond donors (Lipinski definition) is 2. The number of unbranched alkanes of at least 4 members (excludes halogenated alkanes) is 26. The molecule has 0 spiro atoms. The molecule has 3 aliphatic heterocycles. The first kappa shape index (κ1) is 42.0. The van der Waals surface area contributed by atoms with Crippen LogP contribution in [-0.4, -0.2) is 48.0 Å². The van der Waals surface area contributed by atoms with E-state index in [2.05, 4.69) is 24.5 Å². The molecule has 0 aromatic heterocycles. The van der Waals surface area contributed by atoms with E-state index in [-0.39, 0.29) is 26.1 Å². The summed E-state index contributed by atoms with van der Waals surface area (Å²) >= 11 is 0. The van der Waals surface area contributed by atoms with Gasteiger partial charge in [0.1, 0.15) is 0 Å². The van der Waals surface area contributed by atoms with E-state index in [1.165, 1.54) is 141 Å². The molecule has 8 nitrogen and oxygen atoms in total. The lowest BCUT2D eigenvalue weighted by Crippen LogP contribution is -2.83. The molecule has 3 saturated heterocycles. The number of piperazine rings is 1. The molecule has 2 atom stereocenters. The third-order valence-electron chi connectivity index (χ3n) is 10.5. The number of carbonyl (C=O) groups excluding carboxylic acids is 4. The molecule has 0 aromatic carbocycles. The Morgan fingerprint density at radius 1 is 0.438 bits per heavy atom. The summed E-state index contributed by atoms with van der Waals surface area (Å²) in [4.78, 5) is 51.9. The summed E-state index contributed by atoms with van der Waals surface area (Å²) in [7, 11) is 0. The molecule has 3 heterocycles. The van der Waals surface area contributed by atoms with Crippen molar-refractivity contribution in [3.05, 3.63) is 0 Å². The minimum Gasteiger partial charge on any atom is -0.464 e. The quantitative estimate of drug-likeness (QED) is 0.0417. The lowest BCUT2D eigenvalue weighted by Gasteiger charge is -2.48. The highest BCUT2D eigenvalue weighted by atomic mass is 16.5. The zero-order valence-corrected chi connectivity index (χ0v) is 31.1. The highest BCUT2D eigenvalue weighted by molar-refractivity contribution is 6.22. The first-order valence-electron chi connectivity index (χ1n) is 20.4. The zero-order valence-electron chi connectivity index (χ0n) is 31.1. The maximum atomic E-state index is 13.0. The Labute approximate surface area is 293 Å². The maximum Gasteiger partial charge on any atom is 0.341 e. The molecule has 0 saturated carbocycles. The molecule has 2 N–H and O–H groups in total. The van der Waals surface area contributed by atoms with Gasteiger partial charge in [-0.3, -0.25) is 9.59 Å². The minimum absolute atomic E-state index is 0.0239. The standard InChI is InChI=1S/C40H72N2O6/c1-3-5-7-9-11-13-15-17-19-21-23-25-27-29-33-47-37(45)39-31-32-40(36(44)41-39,42-35(39)43)38(46)48-34-30-28-26-24-22-20-18-16-14-12-10-8-6-4-2/h3-34H2,1-2H3,(H,41,44)(H,42,43)/t39-,40-/m1/s1. The van der Waals surface area contributed by atoms with E-state index < -0.39 is 34.8 Å². The van der Waals surface area contributed by atoms with Gasteiger partial charge in [-0.1, -0.05) is 181 Å². The number of fused-ring (bicyclic) bond motifs is 3. The van der Waals surface area contributed by atoms with Crippen LogP contribution in [0.3, 0.4) is 0 Å². The Kier molecular flexibility index (Phi) is 22.6. The van der Waals surface area contributed by atoms with Crippen LogP contribution in [-0.2, 0) is 28.7 Å². The van der Waals surface area contributed by atoms with E-state index in [1.807, 2.05) is 0 Å². The number of carbonyl (C=O) groups is 4. The number of ether oxygens (including phenoxy) is 2. The molecular formula is C40H72N2O6. The van der Waals surface area contributed by atoms with Crippen LogP contribution >= 0.6 is 0 Å². The van der Waals surface area contributed by atoms with Crippen molar-refractivity contribution < 1.29 is 28.7 Å². The van der Waals surface area contributed by atoms with Gasteiger partial charge in [-0.2, -0.15) is 0 Å². The van der Waals surface area contributed by atoms with E-state index in [9.17, 15) is 19.2 Å². The summed E-state index contributed by atoms with van der Waals surface area (Å²) in [6.45, 7) is 4.94. The van der Waals surface area contributed by atoms with E-state index in [0.29, 0.717) is 0 Å². The molecule has 3 aliphatic rings. The molecule has 0 aromatic rings. The van der Waals surface area contributed by atoms with Crippen molar-refractivity contribution in [3.8, 4) is 0 Å². The van der Waals surface area contributed by atoms with E-state index in [4.69, 9.17) is 9.47 Å². The smallest absolute Gasteiger partial charge is 0.341 e. The average Bonchev–Trinajstić information content (AvgIpc) is 3.08. The third kappa shape index (κ3) is 15.2. The Morgan fingerprint density at radius 3 is 0.896 bits per heavy atom. The number of hydrogen-bond acceptors (Lipinski definition) is 6. The Morgan fingerprint density at radius 2 is 0.667 bits per heavy atom. The van der Waals surface area contributed by atoms with Gasteiger partial charge in [0, 0.05) is 0 Å². The molecule has 3 rings (SSSR count). The molecule has 0 unspecified atom stereocenters. The van der Waals surface area contributed by atoms with Crippen molar-refractivity contribution in [2.75, 3.05) is 13.2 Å². The van der Waals surface area contributed by atoms with Crippen molar-refractivity contribution >= 4 is 23.8 Å². The van der Waals surface area contributed by atoms with Gasteiger partial charge in [0.05, 0.1) is 13.2 Å². The van der Waals surface area contributed by atoms with Gasteiger partial charge >= 0.3 is 11.9 Å². The normalized spacial score (nSPS) is 20.0. The molecule has 3 fully saturated rings. The van der Waals surface area contributed by atoms with E-state index in [1.54, 1.807) is 0 Å². The van der Waals surface area contributed by atoms with Crippen LogP contribution in [0.2, 0.25) is 0 Å². The predicted octanol–water partition coefficient (Wildman–Crippen LogP) is 9.55. The monoisotopic (exact) mass is 677 g/mol. The predicted molar refractivity (Wildman–Crippen MR) is 194 cm³/mol. The molecule has 48 heavy (non-hydrogen) atoms. The summed E-state index contributed by atoms with van der Waals surface area (Å²) < 4.78 is 10.9. The average molecular weight is 677 g/mol. The second-order valence-corrected chi connectivity index (χ2v) is 14.7. The summed E-state index contributed by atoms with van der Waals surface area (Å²) in [5.74, 6) is -2.86. The van der Waals surface area contributed by atoms with Crippen LogP contribution in [0.15, 0.2) is 0 Å². The van der Waals surface area contributed by atoms with Crippen molar-refractivity contribution in [1.29, 1.82) is 0 Å². The number of amides is 2. The highest BCUT2D eigenvalue weighted by Gasteiger charge is 2.67. The lowest BCUT2D eigenvalue weighted by molar-refractivity contribution is -0.177. The molecule has 8 heteroatoms. The summed E-state index contributed by atoms with van der Waals surface area (Å²) in [5.41, 5.74) is -3.52. The van der Waals surface area contributed by atoms with Crippen LogP contribution in [0.1, 0.15) is 206 Å². The van der Waals surface area contributed by atoms with Crippen LogP contribution in [0.4, 0.5) is 0 Å². The number of rotatable bonds is 32. The highest BCUT2D eigenvalue weighted by Crippen LogP contribution is 2.35. The molecular weight excluding hydrogens is 604 g/mol. The third-order valence-corrected chi connectivity index (χ3v) is 10.5. The topological polar surface area (TPSA) is 111 Å². The van der Waals surface area contributed by atoms with Crippen molar-refractivity contribution in [2.45, 2.75) is 218 Å². The number of nitrogens with one attached hydrogen (secondary N) is 2. The summed E-state index contributed by atoms with van der Waals surface area (Å²) in [6.07, 6.45) is 34.7. The van der Waals surface area contributed by atoms with Crippen molar-refractivity contribution in [1.82, 2.24) is 10.6 Å². The fourth-order valence-electron chi connectivity index (χ4n) is 7.10. The minimum atomic E-state index is -1.76. The molecule has 0 aliphatic carbocycles. The molecule has 2 amide bonds. The molecule has 0 radical (unpaired) electrons. The Balaban J connectivity index is 1.50. The fourth-order valence-corrected chi connectivity index (χ4v) is 7.10. The van der Waals surface area contributed by atoms with E-state index in [0.717, 1.165) is 38.5 Å². The SMILES string of the molecule is CCCCCCCCCCCCCCCCOC(=O)[C@@]12CC[C@@](C(=O)OCCCCCCCCCCCCCCCC)(NC1=O)C(=O)N2. The van der Waals surface area contributed by atoms with Gasteiger partial charge in [-0.15, -0.1) is 0 Å². The summed E-state index contributed by atoms with van der Waals surface area (Å²) in [6, 6.07) is 0. The van der Waals surface area contributed by atoms with Crippen molar-refractivity contribution in [3.63, 3.8) is 0 Å². The number of piperidine rings is 2. The van der Waals surface area contributed by atoms with Gasteiger partial charge in [0.25, 0.3) is 11.8 Å². The largest absolute Gasteiger partial charge is 0.464 e. The second-order valence-electron chi connectivity index (χ2n) is 14.7. The fraction of sp³-hybridized carbons (Fsp3) is 0.900. The zero-order chi connectivity index (χ0) is 34.8. The molecule has 2 bridgehead atoms. The van der Waals surface area contributed by atoms with Crippen LogP contribution in [0.5, 0.6) is 0 Å². The van der Waals surface area contributed by atoms with Crippen LogP contribution in [0.25, 0.3) is 0 Å². The Hall–Kier alpha value is -2.12. The van der Waals surface area contributed by atoms with Gasteiger partial charge < -0.3 is 20.1 Å². The van der Waals surface area contributed by atoms with E-state index >= 15 is 0 Å². The first-order chi connectivity index (χ1) is 23.4. The van der Waals surface area contributed by atoms with Crippen molar-refractivity contribution in [2.24, 2.45) is 0 Å². The second kappa shape index (κ2) is 25.8. The Bertz CT molecular complexity index is 838. The van der Waals surface area contributed by atoms with Gasteiger partial charge in [-0.05, 0) is 25.7 Å². The summed E-state index contributed by atoms with van der Waals surface area (Å²) in [5, 5.41) is 5.06. The lowest BCUT2D eigenvalue weighted by atomic mass is 9.73. The van der Waals surface area contributed by atoms with Crippen LogP contribution in [0, 0.1) is 0 Å². The maximum absolute atomic E-state index is 13.0. The van der Waals surface area contributed by atoms with Gasteiger partial charge in [-0.25, -0.2) is 9.59 Å². The molecule has 278 valence electrons.